The summed E-state index contributed by atoms with van der Waals surface area (Å²) >= 11 is 0. The van der Waals surface area contributed by atoms with Crippen molar-refractivity contribution in [2.24, 2.45) is 17.8 Å². The molecular formula is C35H44N2O6. The van der Waals surface area contributed by atoms with Crippen molar-refractivity contribution in [2.45, 2.75) is 76.2 Å². The lowest BCUT2D eigenvalue weighted by molar-refractivity contribution is -0.162. The van der Waals surface area contributed by atoms with Gasteiger partial charge >= 0.3 is 5.97 Å². The third kappa shape index (κ3) is 5.08. The van der Waals surface area contributed by atoms with Crippen LogP contribution >= 0.6 is 0 Å². The summed E-state index contributed by atoms with van der Waals surface area (Å²) in [5.74, 6) is -2.66. The van der Waals surface area contributed by atoms with Gasteiger partial charge in [0.25, 0.3) is 5.91 Å². The number of carbonyl (C=O) groups excluding carboxylic acids is 3. The van der Waals surface area contributed by atoms with Crippen molar-refractivity contribution in [2.75, 3.05) is 24.7 Å². The standard InChI is InChI=1S/C35H44N2O6/c1-6-9-19-42-33(41)29-28-31(39)37(27(22-38)20-23(4)5)30(35(28)17-16-34(29,8-3)43-35)32(40)36(18-7-2)26-15-14-24-12-10-11-13-25(24)21-26/h6-7,10-15,21,23,27-30,38H,1-2,8-9,16-20,22H2,3-5H3/t27-,28+,29+,30?,34-,35?/m1/s1. The molecule has 0 saturated carbocycles. The van der Waals surface area contributed by atoms with Crippen molar-refractivity contribution in [1.29, 1.82) is 0 Å². The second kappa shape index (κ2) is 12.2. The third-order valence-electron chi connectivity index (χ3n) is 9.64. The predicted molar refractivity (Wildman–Crippen MR) is 166 cm³/mol. The van der Waals surface area contributed by atoms with E-state index in [1.54, 1.807) is 22.0 Å². The lowest BCUT2D eigenvalue weighted by atomic mass is 9.65. The first kappa shape index (κ1) is 31.0. The molecule has 230 valence electrons. The molecule has 8 heteroatoms. The van der Waals surface area contributed by atoms with Crippen LogP contribution in [0.4, 0.5) is 5.69 Å². The summed E-state index contributed by atoms with van der Waals surface area (Å²) in [4.78, 5) is 46.4. The Morgan fingerprint density at radius 1 is 1.16 bits per heavy atom. The maximum absolute atomic E-state index is 14.9. The number of benzene rings is 2. The van der Waals surface area contributed by atoms with E-state index in [0.29, 0.717) is 37.8 Å². The Morgan fingerprint density at radius 2 is 1.91 bits per heavy atom. The Hall–Kier alpha value is -3.49. The SMILES string of the molecule is C=CCCOC(=O)[C@@H]1[C@H]2C(=O)N([C@@H](CO)CC(C)C)C(C(=O)N(CC=C)c3ccc4ccccc4c3)C23CC[C@@]1(CC)O3. The Kier molecular flexibility index (Phi) is 8.82. The van der Waals surface area contributed by atoms with Crippen molar-refractivity contribution >= 4 is 34.2 Å². The topological polar surface area (TPSA) is 96.4 Å². The highest BCUT2D eigenvalue weighted by atomic mass is 16.6. The lowest BCUT2D eigenvalue weighted by Crippen LogP contribution is -2.59. The largest absolute Gasteiger partial charge is 0.465 e. The van der Waals surface area contributed by atoms with Crippen LogP contribution in [0.3, 0.4) is 0 Å². The van der Waals surface area contributed by atoms with E-state index < -0.39 is 41.1 Å². The molecule has 0 radical (unpaired) electrons. The van der Waals surface area contributed by atoms with Gasteiger partial charge in [0.05, 0.1) is 30.8 Å². The third-order valence-corrected chi connectivity index (χ3v) is 9.64. The summed E-state index contributed by atoms with van der Waals surface area (Å²) in [5, 5.41) is 12.6. The van der Waals surface area contributed by atoms with Gasteiger partial charge in [-0.25, -0.2) is 0 Å². The summed E-state index contributed by atoms with van der Waals surface area (Å²) in [7, 11) is 0. The maximum Gasteiger partial charge on any atom is 0.312 e. The summed E-state index contributed by atoms with van der Waals surface area (Å²) in [6, 6.07) is 12.1. The van der Waals surface area contributed by atoms with Crippen LogP contribution in [0.1, 0.15) is 52.9 Å². The van der Waals surface area contributed by atoms with E-state index in [1.165, 1.54) is 0 Å². The minimum absolute atomic E-state index is 0.155. The summed E-state index contributed by atoms with van der Waals surface area (Å²) < 4.78 is 12.5. The molecule has 1 N–H and O–H groups in total. The monoisotopic (exact) mass is 588 g/mol. The number of carbonyl (C=O) groups is 3. The van der Waals surface area contributed by atoms with Crippen LogP contribution in [0.5, 0.6) is 0 Å². The minimum Gasteiger partial charge on any atom is -0.465 e. The van der Waals surface area contributed by atoms with E-state index in [-0.39, 0.29) is 37.5 Å². The summed E-state index contributed by atoms with van der Waals surface area (Å²) in [5.41, 5.74) is -1.43. The molecule has 3 fully saturated rings. The van der Waals surface area contributed by atoms with E-state index in [4.69, 9.17) is 9.47 Å². The van der Waals surface area contributed by atoms with Crippen LogP contribution in [0.25, 0.3) is 10.8 Å². The van der Waals surface area contributed by atoms with Crippen LogP contribution in [0, 0.1) is 17.8 Å². The number of fused-ring (bicyclic) bond motifs is 2. The summed E-state index contributed by atoms with van der Waals surface area (Å²) in [6.07, 6.45) is 5.85. The number of ether oxygens (including phenoxy) is 2. The molecule has 3 aliphatic rings. The quantitative estimate of drug-likeness (QED) is 0.200. The number of nitrogens with zero attached hydrogens (tertiary/aromatic N) is 2. The molecule has 5 rings (SSSR count). The van der Waals surface area contributed by atoms with E-state index in [2.05, 4.69) is 13.2 Å². The molecule has 6 atom stereocenters. The highest BCUT2D eigenvalue weighted by Gasteiger charge is 2.79. The number of aliphatic hydroxyl groups excluding tert-OH is 1. The van der Waals surface area contributed by atoms with Gasteiger partial charge in [0.15, 0.2) is 0 Å². The second-order valence-electron chi connectivity index (χ2n) is 12.6. The van der Waals surface area contributed by atoms with Gasteiger partial charge in [-0.05, 0) is 60.9 Å². The number of rotatable bonds is 13. The molecule has 2 aromatic rings. The Bertz CT molecular complexity index is 1410. The Labute approximate surface area is 254 Å². The molecule has 2 aromatic carbocycles. The fourth-order valence-electron chi connectivity index (χ4n) is 7.78. The van der Waals surface area contributed by atoms with E-state index in [9.17, 15) is 19.5 Å². The molecule has 0 aliphatic carbocycles. The molecular weight excluding hydrogens is 544 g/mol. The van der Waals surface area contributed by atoms with Gasteiger partial charge in [-0.15, -0.1) is 13.2 Å². The van der Waals surface area contributed by atoms with E-state index in [1.807, 2.05) is 63.2 Å². The number of aliphatic hydroxyl groups is 1. The molecule has 3 heterocycles. The molecule has 2 amide bonds. The van der Waals surface area contributed by atoms with Gasteiger partial charge in [-0.1, -0.05) is 63.3 Å². The number of anilines is 1. The zero-order valence-corrected chi connectivity index (χ0v) is 25.5. The average molecular weight is 589 g/mol. The first-order valence-electron chi connectivity index (χ1n) is 15.5. The number of hydrogen-bond donors (Lipinski definition) is 1. The van der Waals surface area contributed by atoms with Gasteiger partial charge in [0.2, 0.25) is 5.91 Å². The lowest BCUT2D eigenvalue weighted by Gasteiger charge is -2.40. The molecule has 2 unspecified atom stereocenters. The normalized spacial score (nSPS) is 28.3. The average Bonchev–Trinajstić information content (AvgIpc) is 3.61. The first-order chi connectivity index (χ1) is 20.7. The van der Waals surface area contributed by atoms with Crippen molar-refractivity contribution in [3.05, 3.63) is 67.8 Å². The summed E-state index contributed by atoms with van der Waals surface area (Å²) in [6.45, 7) is 13.7. The number of hydrogen-bond acceptors (Lipinski definition) is 6. The van der Waals surface area contributed by atoms with Crippen molar-refractivity contribution < 1.29 is 29.0 Å². The molecule has 2 bridgehead atoms. The van der Waals surface area contributed by atoms with Gasteiger partial charge in [-0.3, -0.25) is 14.4 Å². The van der Waals surface area contributed by atoms with Crippen molar-refractivity contribution in [3.8, 4) is 0 Å². The minimum atomic E-state index is -1.22. The Balaban J connectivity index is 1.62. The van der Waals surface area contributed by atoms with Crippen LogP contribution in [0.15, 0.2) is 67.8 Å². The highest BCUT2D eigenvalue weighted by molar-refractivity contribution is 6.05. The molecule has 3 aliphatic heterocycles. The van der Waals surface area contributed by atoms with Gasteiger partial charge in [-0.2, -0.15) is 0 Å². The number of likely N-dealkylation sites (tertiary alicyclic amines) is 1. The molecule has 3 saturated heterocycles. The van der Waals surface area contributed by atoms with Crippen molar-refractivity contribution in [3.63, 3.8) is 0 Å². The zero-order valence-electron chi connectivity index (χ0n) is 25.5. The van der Waals surface area contributed by atoms with Crippen LogP contribution < -0.4 is 4.90 Å². The fourth-order valence-corrected chi connectivity index (χ4v) is 7.78. The maximum atomic E-state index is 14.9. The van der Waals surface area contributed by atoms with Gasteiger partial charge in [0, 0.05) is 12.2 Å². The molecule has 1 spiro atoms. The van der Waals surface area contributed by atoms with Crippen LogP contribution in [-0.2, 0) is 23.9 Å². The van der Waals surface area contributed by atoms with Crippen LogP contribution in [0.2, 0.25) is 0 Å². The molecule has 0 aromatic heterocycles. The first-order valence-corrected chi connectivity index (χ1v) is 15.5. The molecule has 43 heavy (non-hydrogen) atoms. The van der Waals surface area contributed by atoms with E-state index >= 15 is 0 Å². The predicted octanol–water partition coefficient (Wildman–Crippen LogP) is 5.04. The molecule has 8 nitrogen and oxygen atoms in total. The van der Waals surface area contributed by atoms with E-state index in [0.717, 1.165) is 10.8 Å². The fraction of sp³-hybridized carbons (Fsp3) is 0.514. The zero-order chi connectivity index (χ0) is 30.9. The highest BCUT2D eigenvalue weighted by Crippen LogP contribution is 2.65. The Morgan fingerprint density at radius 3 is 2.56 bits per heavy atom. The number of amides is 2. The smallest absolute Gasteiger partial charge is 0.312 e. The van der Waals surface area contributed by atoms with Crippen LogP contribution in [-0.4, -0.2) is 70.8 Å². The second-order valence-corrected chi connectivity index (χ2v) is 12.6. The van der Waals surface area contributed by atoms with Gasteiger partial charge < -0.3 is 24.4 Å². The van der Waals surface area contributed by atoms with Gasteiger partial charge in [0.1, 0.15) is 17.6 Å². The van der Waals surface area contributed by atoms with Crippen molar-refractivity contribution in [1.82, 2.24) is 4.90 Å². The number of esters is 1.